The molecule has 106 valence electrons. The van der Waals surface area contributed by atoms with E-state index in [1.165, 1.54) is 19.3 Å². The first-order chi connectivity index (χ1) is 7.88. The van der Waals surface area contributed by atoms with Crippen LogP contribution in [-0.4, -0.2) is 21.3 Å². The van der Waals surface area contributed by atoms with E-state index in [4.69, 9.17) is 0 Å². The molecule has 0 bridgehead atoms. The highest BCUT2D eigenvalue weighted by Gasteiger charge is 2.10. The van der Waals surface area contributed by atoms with Crippen molar-refractivity contribution in [1.82, 2.24) is 0 Å². The van der Waals surface area contributed by atoms with E-state index in [-0.39, 0.29) is 10.1 Å². The molecule has 0 aromatic rings. The summed E-state index contributed by atoms with van der Waals surface area (Å²) in [5, 5.41) is 0. The van der Waals surface area contributed by atoms with E-state index < -0.39 is 5.69 Å². The number of unbranched alkanes of at least 4 members (excludes halogenated alkanes) is 3. The predicted molar refractivity (Wildman–Crippen MR) is 85.7 cm³/mol. The van der Waals surface area contributed by atoms with Crippen LogP contribution in [0.4, 0.5) is 0 Å². The van der Waals surface area contributed by atoms with Gasteiger partial charge in [0.25, 0.3) is 0 Å². The first-order valence-electron chi connectivity index (χ1n) is 6.63. The predicted octanol–water partition coefficient (Wildman–Crippen LogP) is 4.21. The fourth-order valence-corrected chi connectivity index (χ4v) is 7.22. The van der Waals surface area contributed by atoms with Gasteiger partial charge < -0.3 is 9.79 Å². The SMILES string of the molecule is CCCCS(CCCCCC(C)C)=P(O)(O)S. The molecular weight excluding hydrogens is 271 g/mol. The molecule has 2 N–H and O–H groups in total. The van der Waals surface area contributed by atoms with E-state index in [1.54, 1.807) is 0 Å². The van der Waals surface area contributed by atoms with Crippen molar-refractivity contribution < 1.29 is 9.79 Å². The van der Waals surface area contributed by atoms with Crippen molar-refractivity contribution in [2.75, 3.05) is 11.5 Å². The lowest BCUT2D eigenvalue weighted by molar-refractivity contribution is 0.501. The van der Waals surface area contributed by atoms with Gasteiger partial charge in [-0.1, -0.05) is 58.7 Å². The van der Waals surface area contributed by atoms with Crippen LogP contribution in [0.3, 0.4) is 0 Å². The smallest absolute Gasteiger partial charge is 0.198 e. The Hall–Kier alpha value is 1.05. The number of thiol groups is 1. The van der Waals surface area contributed by atoms with Gasteiger partial charge in [0.05, 0.1) is 0 Å². The summed E-state index contributed by atoms with van der Waals surface area (Å²) in [4.78, 5) is 19.4. The molecule has 0 amide bonds. The first kappa shape index (κ1) is 18.0. The molecule has 0 heterocycles. The molecule has 0 rings (SSSR count). The Morgan fingerprint density at radius 2 is 1.65 bits per heavy atom. The minimum atomic E-state index is -2.90. The van der Waals surface area contributed by atoms with E-state index in [2.05, 4.69) is 33.0 Å². The van der Waals surface area contributed by atoms with Crippen LogP contribution in [0.25, 0.3) is 0 Å². The zero-order chi connectivity index (χ0) is 13.3. The third-order valence-electron chi connectivity index (χ3n) is 2.74. The zero-order valence-electron chi connectivity index (χ0n) is 11.4. The topological polar surface area (TPSA) is 40.5 Å². The van der Waals surface area contributed by atoms with E-state index in [0.29, 0.717) is 0 Å². The maximum absolute atomic E-state index is 9.69. The maximum Gasteiger partial charge on any atom is 0.198 e. The molecule has 0 fully saturated rings. The van der Waals surface area contributed by atoms with E-state index in [1.807, 2.05) is 0 Å². The van der Waals surface area contributed by atoms with Crippen molar-refractivity contribution in [1.29, 1.82) is 0 Å². The lowest BCUT2D eigenvalue weighted by Gasteiger charge is -2.16. The summed E-state index contributed by atoms with van der Waals surface area (Å²) in [7, 11) is -0.269. The fourth-order valence-electron chi connectivity index (χ4n) is 1.66. The first-order valence-corrected chi connectivity index (χ1v) is 11.6. The molecule has 1 atom stereocenters. The van der Waals surface area contributed by atoms with Crippen LogP contribution in [0.15, 0.2) is 0 Å². The Kier molecular flexibility index (Phi) is 10.5. The third kappa shape index (κ3) is 10.6. The quantitative estimate of drug-likeness (QED) is 0.339. The van der Waals surface area contributed by atoms with Crippen LogP contribution in [-0.2, 0) is 10.1 Å². The summed E-state index contributed by atoms with van der Waals surface area (Å²) in [5.74, 6) is 2.66. The van der Waals surface area contributed by atoms with Crippen LogP contribution >= 0.6 is 17.9 Å². The lowest BCUT2D eigenvalue weighted by Crippen LogP contribution is -2.04. The Morgan fingerprint density at radius 1 is 1.06 bits per heavy atom. The minimum Gasteiger partial charge on any atom is -0.341 e. The molecule has 2 nitrogen and oxygen atoms in total. The summed E-state index contributed by atoms with van der Waals surface area (Å²) in [6.07, 6.45) is 7.06. The monoisotopic (exact) mass is 300 g/mol. The average Bonchev–Trinajstić information content (AvgIpc) is 2.19. The van der Waals surface area contributed by atoms with Crippen LogP contribution in [0.1, 0.15) is 59.3 Å². The molecule has 17 heavy (non-hydrogen) atoms. The van der Waals surface area contributed by atoms with Gasteiger partial charge in [0, 0.05) is 0 Å². The van der Waals surface area contributed by atoms with Gasteiger partial charge in [-0.15, -0.1) is 10.1 Å². The van der Waals surface area contributed by atoms with Crippen molar-refractivity contribution in [3.63, 3.8) is 0 Å². The molecule has 0 aliphatic rings. The molecule has 0 radical (unpaired) electrons. The van der Waals surface area contributed by atoms with E-state index >= 15 is 0 Å². The molecule has 0 spiro atoms. The van der Waals surface area contributed by atoms with Gasteiger partial charge >= 0.3 is 0 Å². The molecule has 0 saturated carbocycles. The number of hydrogen-bond donors (Lipinski definition) is 3. The molecule has 0 aliphatic carbocycles. The van der Waals surface area contributed by atoms with Crippen molar-refractivity contribution in [3.8, 4) is 0 Å². The number of rotatable bonds is 9. The van der Waals surface area contributed by atoms with Crippen LogP contribution in [0, 0.1) is 5.92 Å². The van der Waals surface area contributed by atoms with Gasteiger partial charge in [0.1, 0.15) is 0 Å². The van der Waals surface area contributed by atoms with Crippen LogP contribution in [0.2, 0.25) is 0 Å². The van der Waals surface area contributed by atoms with Gasteiger partial charge in [-0.05, 0) is 30.3 Å². The molecule has 0 saturated heterocycles. The van der Waals surface area contributed by atoms with Gasteiger partial charge in [-0.3, -0.25) is 0 Å². The summed E-state index contributed by atoms with van der Waals surface area (Å²) >= 11 is 4.01. The van der Waals surface area contributed by atoms with Crippen molar-refractivity contribution in [3.05, 3.63) is 0 Å². The highest BCUT2D eigenvalue weighted by molar-refractivity contribution is 8.65. The lowest BCUT2D eigenvalue weighted by atomic mass is 10.1. The average molecular weight is 300 g/mol. The minimum absolute atomic E-state index is 0.269. The normalized spacial score (nSPS) is 14.3. The van der Waals surface area contributed by atoms with E-state index in [9.17, 15) is 9.79 Å². The highest BCUT2D eigenvalue weighted by Crippen LogP contribution is 2.47. The zero-order valence-corrected chi connectivity index (χ0v) is 14.0. The molecule has 0 aromatic carbocycles. The van der Waals surface area contributed by atoms with Gasteiger partial charge in [-0.2, -0.15) is 0 Å². The Balaban J connectivity index is 3.95. The highest BCUT2D eigenvalue weighted by atomic mass is 32.9. The van der Waals surface area contributed by atoms with Gasteiger partial charge in [0.2, 0.25) is 0 Å². The largest absolute Gasteiger partial charge is 0.341 e. The third-order valence-corrected chi connectivity index (χ3v) is 10.2. The van der Waals surface area contributed by atoms with Crippen molar-refractivity contribution in [2.45, 2.75) is 59.3 Å². The summed E-state index contributed by atoms with van der Waals surface area (Å²) < 4.78 is 0. The van der Waals surface area contributed by atoms with Crippen LogP contribution in [0.5, 0.6) is 0 Å². The summed E-state index contributed by atoms with van der Waals surface area (Å²) in [5.41, 5.74) is -2.90. The second-order valence-corrected chi connectivity index (χ2v) is 13.3. The van der Waals surface area contributed by atoms with Crippen molar-refractivity contribution >= 4 is 28.0 Å². The molecule has 5 heteroatoms. The standard InChI is InChI=1S/C12H29O2PS2/c1-4-5-10-17(15(13,14)16)11-8-6-7-9-12(2)3/h12-14,16H,4-11H2,1-3H3. The van der Waals surface area contributed by atoms with Gasteiger partial charge in [0.15, 0.2) is 5.69 Å². The Labute approximate surface area is 114 Å². The van der Waals surface area contributed by atoms with E-state index in [0.717, 1.165) is 36.7 Å². The fraction of sp³-hybridized carbons (Fsp3) is 1.00. The molecule has 1 unspecified atom stereocenters. The van der Waals surface area contributed by atoms with Gasteiger partial charge in [-0.25, -0.2) is 0 Å². The molecule has 0 aromatic heterocycles. The Morgan fingerprint density at radius 3 is 2.12 bits per heavy atom. The second-order valence-electron chi connectivity index (χ2n) is 4.98. The summed E-state index contributed by atoms with van der Waals surface area (Å²) in [6, 6.07) is 0. The number of hydrogen-bond acceptors (Lipinski definition) is 0. The van der Waals surface area contributed by atoms with Crippen LogP contribution < -0.4 is 0 Å². The second kappa shape index (κ2) is 9.91. The summed E-state index contributed by atoms with van der Waals surface area (Å²) in [6.45, 7) is 6.63. The Bertz CT molecular complexity index is 241. The van der Waals surface area contributed by atoms with Crippen molar-refractivity contribution in [2.24, 2.45) is 5.92 Å². The molecular formula is C12H29O2PS2. The maximum atomic E-state index is 9.69. The molecule has 0 aliphatic heterocycles.